The fourth-order valence-corrected chi connectivity index (χ4v) is 3.87. The third kappa shape index (κ3) is 4.12. The Balaban J connectivity index is 1.42. The zero-order valence-electron chi connectivity index (χ0n) is 16.1. The van der Waals surface area contributed by atoms with Gasteiger partial charge in [0, 0.05) is 30.8 Å². The topological polar surface area (TPSA) is 67.3 Å². The van der Waals surface area contributed by atoms with E-state index >= 15 is 0 Å². The lowest BCUT2D eigenvalue weighted by Gasteiger charge is -2.32. The number of halogens is 2. The number of fused-ring (bicyclic) bond motifs is 1. The molecule has 0 saturated carbocycles. The molecule has 1 saturated heterocycles. The average molecular weight is 413 g/mol. The third-order valence-electron chi connectivity index (χ3n) is 5.31. The highest BCUT2D eigenvalue weighted by atomic mass is 19.3. The molecule has 1 aliphatic rings. The van der Waals surface area contributed by atoms with Gasteiger partial charge in [-0.05, 0) is 37.1 Å². The van der Waals surface area contributed by atoms with Gasteiger partial charge >= 0.3 is 12.3 Å². The van der Waals surface area contributed by atoms with Crippen LogP contribution in [0.2, 0.25) is 0 Å². The SMILES string of the molecule is O=C(/C=C/c1ccccc1OC(F)F)N1CCC(n2c(=O)[nH]c3ccccc32)CC1. The summed E-state index contributed by atoms with van der Waals surface area (Å²) in [5.41, 5.74) is 1.93. The van der Waals surface area contributed by atoms with E-state index in [4.69, 9.17) is 0 Å². The molecule has 0 unspecified atom stereocenters. The number of ether oxygens (including phenoxy) is 1. The lowest BCUT2D eigenvalue weighted by molar-refractivity contribution is -0.127. The maximum absolute atomic E-state index is 12.6. The van der Waals surface area contributed by atoms with Gasteiger partial charge in [0.15, 0.2) is 0 Å². The number of hydrogen-bond donors (Lipinski definition) is 1. The van der Waals surface area contributed by atoms with Gasteiger partial charge in [-0.2, -0.15) is 8.78 Å². The molecular weight excluding hydrogens is 392 g/mol. The Morgan fingerprint density at radius 3 is 2.57 bits per heavy atom. The van der Waals surface area contributed by atoms with E-state index in [1.54, 1.807) is 27.7 Å². The summed E-state index contributed by atoms with van der Waals surface area (Å²) < 4.78 is 31.3. The van der Waals surface area contributed by atoms with Crippen molar-refractivity contribution in [2.24, 2.45) is 0 Å². The molecule has 1 aromatic heterocycles. The predicted molar refractivity (Wildman–Crippen MR) is 110 cm³/mol. The Labute approximate surface area is 171 Å². The molecule has 2 aromatic carbocycles. The van der Waals surface area contributed by atoms with Crippen LogP contribution in [0.4, 0.5) is 8.78 Å². The minimum atomic E-state index is -2.93. The molecule has 1 fully saturated rings. The number of aromatic nitrogens is 2. The lowest BCUT2D eigenvalue weighted by atomic mass is 10.0. The number of likely N-dealkylation sites (tertiary alicyclic amines) is 1. The van der Waals surface area contributed by atoms with Crippen molar-refractivity contribution in [1.82, 2.24) is 14.5 Å². The van der Waals surface area contributed by atoms with Crippen LogP contribution >= 0.6 is 0 Å². The highest BCUT2D eigenvalue weighted by molar-refractivity contribution is 5.92. The Morgan fingerprint density at radius 2 is 1.80 bits per heavy atom. The number of carbonyl (C=O) groups excluding carboxylic acids is 1. The quantitative estimate of drug-likeness (QED) is 0.647. The number of nitrogens with zero attached hydrogens (tertiary/aromatic N) is 2. The van der Waals surface area contributed by atoms with Crippen molar-refractivity contribution in [3.63, 3.8) is 0 Å². The van der Waals surface area contributed by atoms with Crippen LogP contribution in [0.3, 0.4) is 0 Å². The second kappa shape index (κ2) is 8.52. The number of hydrogen-bond acceptors (Lipinski definition) is 3. The zero-order valence-corrected chi connectivity index (χ0v) is 16.1. The molecular formula is C22H21F2N3O3. The van der Waals surface area contributed by atoms with Crippen molar-refractivity contribution in [2.75, 3.05) is 13.1 Å². The van der Waals surface area contributed by atoms with Crippen LogP contribution in [0.25, 0.3) is 17.1 Å². The summed E-state index contributed by atoms with van der Waals surface area (Å²) in [6.45, 7) is -1.91. The molecule has 8 heteroatoms. The first kappa shape index (κ1) is 19.9. The Bertz CT molecular complexity index is 1130. The van der Waals surface area contributed by atoms with Crippen LogP contribution in [0, 0.1) is 0 Å². The number of amides is 1. The summed E-state index contributed by atoms with van der Waals surface area (Å²) in [6, 6.07) is 13.9. The molecule has 0 aliphatic carbocycles. The second-order valence-corrected chi connectivity index (χ2v) is 7.12. The Hall–Kier alpha value is -3.42. The van der Waals surface area contributed by atoms with Crippen LogP contribution in [-0.4, -0.2) is 40.1 Å². The van der Waals surface area contributed by atoms with E-state index in [1.807, 2.05) is 24.3 Å². The van der Waals surface area contributed by atoms with Gasteiger partial charge in [0.05, 0.1) is 11.0 Å². The number of imidazole rings is 1. The summed E-state index contributed by atoms with van der Waals surface area (Å²) in [4.78, 5) is 29.5. The predicted octanol–water partition coefficient (Wildman–Crippen LogP) is 3.81. The zero-order chi connectivity index (χ0) is 21.1. The van der Waals surface area contributed by atoms with Crippen molar-refractivity contribution in [3.8, 4) is 5.75 Å². The summed E-state index contributed by atoms with van der Waals surface area (Å²) >= 11 is 0. The number of carbonyl (C=O) groups is 1. The average Bonchev–Trinajstić information content (AvgIpc) is 3.08. The fourth-order valence-electron chi connectivity index (χ4n) is 3.87. The van der Waals surface area contributed by atoms with Crippen LogP contribution in [0.1, 0.15) is 24.4 Å². The van der Waals surface area contributed by atoms with Crippen LogP contribution in [-0.2, 0) is 4.79 Å². The smallest absolute Gasteiger partial charge is 0.387 e. The number of H-pyrrole nitrogens is 1. The second-order valence-electron chi connectivity index (χ2n) is 7.12. The van der Waals surface area contributed by atoms with Crippen molar-refractivity contribution < 1.29 is 18.3 Å². The molecule has 1 aliphatic heterocycles. The first-order chi connectivity index (χ1) is 14.5. The van der Waals surface area contributed by atoms with E-state index in [0.717, 1.165) is 11.0 Å². The van der Waals surface area contributed by atoms with E-state index in [2.05, 4.69) is 9.72 Å². The summed E-state index contributed by atoms with van der Waals surface area (Å²) in [5.74, 6) is -0.180. The van der Waals surface area contributed by atoms with E-state index in [0.29, 0.717) is 31.5 Å². The van der Waals surface area contributed by atoms with Crippen molar-refractivity contribution in [3.05, 3.63) is 70.7 Å². The number of rotatable bonds is 5. The minimum absolute atomic E-state index is 0.0156. The highest BCUT2D eigenvalue weighted by Crippen LogP contribution is 2.25. The standard InChI is InChI=1S/C22H21F2N3O3/c23-21(24)30-19-8-4-1-5-15(19)9-10-20(28)26-13-11-16(12-14-26)27-18-7-3-2-6-17(18)25-22(27)29/h1-10,16,21H,11-14H2,(H,25,29)/b10-9+. The number of para-hydroxylation sites is 3. The van der Waals surface area contributed by atoms with Crippen LogP contribution < -0.4 is 10.4 Å². The largest absolute Gasteiger partial charge is 0.434 e. The maximum Gasteiger partial charge on any atom is 0.387 e. The normalized spacial score (nSPS) is 15.4. The van der Waals surface area contributed by atoms with E-state index in [-0.39, 0.29) is 23.4 Å². The van der Waals surface area contributed by atoms with Crippen molar-refractivity contribution in [1.29, 1.82) is 0 Å². The van der Waals surface area contributed by atoms with Gasteiger partial charge in [-0.3, -0.25) is 9.36 Å². The molecule has 156 valence electrons. The number of nitrogens with one attached hydrogen (secondary N) is 1. The Morgan fingerprint density at radius 1 is 1.10 bits per heavy atom. The van der Waals surface area contributed by atoms with Crippen LogP contribution in [0.5, 0.6) is 5.75 Å². The molecule has 2 heterocycles. The number of aromatic amines is 1. The minimum Gasteiger partial charge on any atom is -0.434 e. The first-order valence-corrected chi connectivity index (χ1v) is 9.73. The number of alkyl halides is 2. The molecule has 1 N–H and O–H groups in total. The van der Waals surface area contributed by atoms with Crippen molar-refractivity contribution in [2.45, 2.75) is 25.5 Å². The number of piperidine rings is 1. The monoisotopic (exact) mass is 413 g/mol. The first-order valence-electron chi connectivity index (χ1n) is 9.73. The summed E-state index contributed by atoms with van der Waals surface area (Å²) in [7, 11) is 0. The summed E-state index contributed by atoms with van der Waals surface area (Å²) in [5, 5.41) is 0. The molecule has 0 bridgehead atoms. The van der Waals surface area contributed by atoms with Gasteiger partial charge in [0.25, 0.3) is 0 Å². The Kier molecular flexibility index (Phi) is 5.65. The van der Waals surface area contributed by atoms with Crippen LogP contribution in [0.15, 0.2) is 59.4 Å². The molecule has 1 amide bonds. The van der Waals surface area contributed by atoms with Gasteiger partial charge in [0.1, 0.15) is 5.75 Å². The third-order valence-corrected chi connectivity index (χ3v) is 5.31. The molecule has 0 spiro atoms. The van der Waals surface area contributed by atoms with E-state index in [1.165, 1.54) is 18.2 Å². The number of benzene rings is 2. The van der Waals surface area contributed by atoms with Gasteiger partial charge in [0.2, 0.25) is 5.91 Å². The molecule has 0 radical (unpaired) electrons. The summed E-state index contributed by atoms with van der Waals surface area (Å²) in [6.07, 6.45) is 4.17. The molecule has 4 rings (SSSR count). The van der Waals surface area contributed by atoms with Gasteiger partial charge < -0.3 is 14.6 Å². The van der Waals surface area contributed by atoms with Gasteiger partial charge in [-0.15, -0.1) is 0 Å². The highest BCUT2D eigenvalue weighted by Gasteiger charge is 2.25. The van der Waals surface area contributed by atoms with E-state index in [9.17, 15) is 18.4 Å². The maximum atomic E-state index is 12.6. The van der Waals surface area contributed by atoms with E-state index < -0.39 is 6.61 Å². The molecule has 0 atom stereocenters. The van der Waals surface area contributed by atoms with Gasteiger partial charge in [-0.25, -0.2) is 4.79 Å². The van der Waals surface area contributed by atoms with Gasteiger partial charge in [-0.1, -0.05) is 30.3 Å². The molecule has 30 heavy (non-hydrogen) atoms. The van der Waals surface area contributed by atoms with Crippen molar-refractivity contribution >= 4 is 23.0 Å². The lowest BCUT2D eigenvalue weighted by Crippen LogP contribution is -2.39. The fraction of sp³-hybridized carbons (Fsp3) is 0.273. The molecule has 3 aromatic rings. The molecule has 6 nitrogen and oxygen atoms in total.